The fourth-order valence-electron chi connectivity index (χ4n) is 1.19. The van der Waals surface area contributed by atoms with E-state index in [2.05, 4.69) is 4.18 Å². The molecule has 0 aliphatic carbocycles. The van der Waals surface area contributed by atoms with Crippen molar-refractivity contribution in [3.05, 3.63) is 0 Å². The highest BCUT2D eigenvalue weighted by atomic mass is 32.9. The molecule has 0 saturated carbocycles. The van der Waals surface area contributed by atoms with E-state index in [1.54, 1.807) is 6.92 Å². The molecule has 10 heteroatoms. The van der Waals surface area contributed by atoms with Gasteiger partial charge in [-0.3, -0.25) is 4.55 Å². The lowest BCUT2D eigenvalue weighted by Gasteiger charge is -2.25. The third-order valence-corrected chi connectivity index (χ3v) is 7.88. The van der Waals surface area contributed by atoms with Gasteiger partial charge in [-0.25, -0.2) is 4.18 Å². The van der Waals surface area contributed by atoms with E-state index in [9.17, 15) is 8.42 Å². The van der Waals surface area contributed by atoms with Crippen LogP contribution in [0.2, 0.25) is 0 Å². The van der Waals surface area contributed by atoms with E-state index in [-0.39, 0.29) is 12.2 Å². The Kier molecular flexibility index (Phi) is 9.40. The normalized spacial score (nSPS) is 15.0. The average Bonchev–Trinajstić information content (AvgIpc) is 2.10. The van der Waals surface area contributed by atoms with Crippen LogP contribution >= 0.6 is 17.1 Å². The molecule has 0 radical (unpaired) electrons. The van der Waals surface area contributed by atoms with E-state index in [1.165, 1.54) is 11.4 Å². The summed E-state index contributed by atoms with van der Waals surface area (Å²) in [4.78, 5) is 0. The van der Waals surface area contributed by atoms with Crippen molar-refractivity contribution < 1.29 is 26.2 Å². The minimum atomic E-state index is -4.42. The Bertz CT molecular complexity index is 409. The van der Waals surface area contributed by atoms with E-state index in [1.807, 2.05) is 27.7 Å². The smallest absolute Gasteiger partial charge is 0.319 e. The quantitative estimate of drug-likeness (QED) is 0.465. The summed E-state index contributed by atoms with van der Waals surface area (Å²) in [7, 11) is -4.42. The minimum Gasteiger partial charge on any atom is -0.319 e. The van der Waals surface area contributed by atoms with Gasteiger partial charge >= 0.3 is 10.4 Å². The largest absolute Gasteiger partial charge is 0.397 e. The van der Waals surface area contributed by atoms with Crippen LogP contribution in [0.3, 0.4) is 0 Å². The Hall–Kier alpha value is 0.790. The molecule has 0 saturated heterocycles. The maximum absolute atomic E-state index is 10.6. The lowest BCUT2D eigenvalue weighted by Crippen LogP contribution is -2.15. The van der Waals surface area contributed by atoms with Gasteiger partial charge in [-0.2, -0.15) is 8.42 Å². The molecule has 0 aliphatic heterocycles. The lowest BCUT2D eigenvalue weighted by molar-refractivity contribution is 0.186. The molecule has 0 spiro atoms. The number of hydrogen-bond acceptors (Lipinski definition) is 7. The molecule has 1 N–H and O–H groups in total. The number of hydrogen-bond donors (Lipinski definition) is 1. The Labute approximate surface area is 130 Å². The van der Waals surface area contributed by atoms with Crippen LogP contribution in [0.25, 0.3) is 0 Å². The maximum Gasteiger partial charge on any atom is 0.397 e. The second-order valence-electron chi connectivity index (χ2n) is 4.71. The third kappa shape index (κ3) is 11.4. The van der Waals surface area contributed by atoms with Crippen LogP contribution in [0.1, 0.15) is 41.0 Å². The highest BCUT2D eigenvalue weighted by Gasteiger charge is 2.24. The fourth-order valence-corrected chi connectivity index (χ4v) is 7.65. The highest BCUT2D eigenvalue weighted by Crippen LogP contribution is 2.62. The molecule has 0 amide bonds. The molecule has 6 nitrogen and oxygen atoms in total. The van der Waals surface area contributed by atoms with Gasteiger partial charge in [0.25, 0.3) is 0 Å². The van der Waals surface area contributed by atoms with Crippen molar-refractivity contribution in [2.45, 2.75) is 59.4 Å². The summed E-state index contributed by atoms with van der Waals surface area (Å²) in [5, 5.41) is 0. The predicted octanol–water partition coefficient (Wildman–Crippen LogP) is 3.39. The van der Waals surface area contributed by atoms with Gasteiger partial charge in [-0.15, -0.1) is 0 Å². The van der Waals surface area contributed by atoms with Gasteiger partial charge in [0.05, 0.1) is 18.3 Å². The van der Waals surface area contributed by atoms with E-state index in [0.29, 0.717) is 12.2 Å². The van der Waals surface area contributed by atoms with Gasteiger partial charge in [0.2, 0.25) is 5.69 Å². The highest BCUT2D eigenvalue weighted by molar-refractivity contribution is 8.67. The Morgan fingerprint density at radius 3 is 1.95 bits per heavy atom. The fraction of sp³-hybridized carbons (Fsp3) is 1.00. The molecule has 20 heavy (non-hydrogen) atoms. The predicted molar refractivity (Wildman–Crippen MR) is 85.9 cm³/mol. The zero-order chi connectivity index (χ0) is 16.0. The van der Waals surface area contributed by atoms with Crippen molar-refractivity contribution in [1.29, 1.82) is 0 Å². The van der Waals surface area contributed by atoms with Crippen molar-refractivity contribution >= 4 is 39.3 Å². The third-order valence-electron chi connectivity index (χ3n) is 1.74. The molecule has 0 aromatic carbocycles. The molecule has 0 fully saturated rings. The summed E-state index contributed by atoms with van der Waals surface area (Å²) in [5.74, 6) is 0.521. The van der Waals surface area contributed by atoms with Crippen LogP contribution in [0.5, 0.6) is 0 Å². The van der Waals surface area contributed by atoms with Gasteiger partial charge in [-0.1, -0.05) is 11.4 Å². The van der Waals surface area contributed by atoms with Crippen molar-refractivity contribution in [3.63, 3.8) is 0 Å². The van der Waals surface area contributed by atoms with Crippen molar-refractivity contribution in [1.82, 2.24) is 0 Å². The second kappa shape index (κ2) is 9.05. The summed E-state index contributed by atoms with van der Waals surface area (Å²) >= 11 is 6.80. The summed E-state index contributed by atoms with van der Waals surface area (Å²) in [6.07, 6.45) is -0.303. The Balaban J connectivity index is 4.37. The van der Waals surface area contributed by atoms with Gasteiger partial charge in [0.15, 0.2) is 0 Å². The van der Waals surface area contributed by atoms with Crippen LogP contribution in [0.15, 0.2) is 0 Å². The van der Waals surface area contributed by atoms with Crippen LogP contribution < -0.4 is 0 Å². The van der Waals surface area contributed by atoms with Crippen LogP contribution in [-0.4, -0.2) is 37.0 Å². The van der Waals surface area contributed by atoms with Gasteiger partial charge < -0.3 is 9.05 Å². The van der Waals surface area contributed by atoms with E-state index in [4.69, 9.17) is 25.4 Å². The van der Waals surface area contributed by atoms with E-state index < -0.39 is 22.2 Å². The standard InChI is InChI=1S/C10H23O6PS3/c1-8(2)14-17(18,15-9(3)4)19-7-6-10(5)16-20(11,12)13/h8-10H,6-7H2,1-5H3,(H,11,12,13). The van der Waals surface area contributed by atoms with Gasteiger partial charge in [-0.05, 0) is 52.8 Å². The molecule has 1 atom stereocenters. The molecule has 0 heterocycles. The molecule has 0 aromatic heterocycles. The zero-order valence-corrected chi connectivity index (χ0v) is 15.7. The zero-order valence-electron chi connectivity index (χ0n) is 12.3. The van der Waals surface area contributed by atoms with Gasteiger partial charge in [0.1, 0.15) is 0 Å². The van der Waals surface area contributed by atoms with E-state index in [0.717, 1.165) is 0 Å². The number of rotatable bonds is 10. The summed E-state index contributed by atoms with van der Waals surface area (Å²) in [6.45, 7) is 9.10. The second-order valence-corrected chi connectivity index (χ2v) is 12.1. The van der Waals surface area contributed by atoms with Crippen molar-refractivity contribution in [2.24, 2.45) is 0 Å². The lowest BCUT2D eigenvalue weighted by atomic mass is 10.3. The van der Waals surface area contributed by atoms with Crippen LogP contribution in [0.4, 0.5) is 0 Å². The Morgan fingerprint density at radius 2 is 1.60 bits per heavy atom. The molecule has 0 aromatic rings. The van der Waals surface area contributed by atoms with E-state index >= 15 is 0 Å². The van der Waals surface area contributed by atoms with Crippen molar-refractivity contribution in [2.75, 3.05) is 5.75 Å². The summed E-state index contributed by atoms with van der Waals surface area (Å²) in [6, 6.07) is 0. The molecule has 0 aliphatic rings. The average molecular weight is 366 g/mol. The molecule has 122 valence electrons. The van der Waals surface area contributed by atoms with Crippen molar-refractivity contribution in [3.8, 4) is 0 Å². The first-order valence-corrected chi connectivity index (χ1v) is 11.8. The first-order chi connectivity index (χ1) is 8.93. The van der Waals surface area contributed by atoms with Crippen LogP contribution in [-0.2, 0) is 35.4 Å². The molecular weight excluding hydrogens is 343 g/mol. The summed E-state index contributed by atoms with van der Waals surface area (Å²) in [5.41, 5.74) is -2.46. The maximum atomic E-state index is 10.6. The van der Waals surface area contributed by atoms with Crippen LogP contribution in [0, 0.1) is 0 Å². The Morgan fingerprint density at radius 1 is 1.15 bits per heavy atom. The molecule has 1 unspecified atom stereocenters. The first-order valence-electron chi connectivity index (χ1n) is 6.20. The topological polar surface area (TPSA) is 82.1 Å². The monoisotopic (exact) mass is 366 g/mol. The minimum absolute atomic E-state index is 0.0430. The molecule has 0 bridgehead atoms. The SMILES string of the molecule is CC(C)OP(=S)(OC(C)C)SCCC(C)OS(=O)(=O)O. The molecule has 0 rings (SSSR count). The van der Waals surface area contributed by atoms with Gasteiger partial charge in [0, 0.05) is 5.75 Å². The molecular formula is C10H23O6PS3. The first kappa shape index (κ1) is 20.8. The summed E-state index contributed by atoms with van der Waals surface area (Å²) < 4.78 is 45.5.